The van der Waals surface area contributed by atoms with Crippen molar-refractivity contribution in [3.8, 4) is 5.75 Å². The van der Waals surface area contributed by atoms with Gasteiger partial charge < -0.3 is 24.2 Å². The third-order valence-corrected chi connectivity index (χ3v) is 3.93. The number of hydrogen-bond donors (Lipinski definition) is 1. The van der Waals surface area contributed by atoms with E-state index in [-0.39, 0.29) is 25.2 Å². The Hall–Kier alpha value is -2.61. The predicted octanol–water partition coefficient (Wildman–Crippen LogP) is 1.88. The Balaban J connectivity index is 1.56. The summed E-state index contributed by atoms with van der Waals surface area (Å²) < 4.78 is 15.2. The zero-order valence-electron chi connectivity index (χ0n) is 13.7. The van der Waals surface area contributed by atoms with E-state index in [9.17, 15) is 4.79 Å². The number of rotatable bonds is 6. The van der Waals surface area contributed by atoms with Crippen LogP contribution in [0, 0.1) is 0 Å². The highest BCUT2D eigenvalue weighted by Crippen LogP contribution is 2.34. The second kappa shape index (κ2) is 7.31. The van der Waals surface area contributed by atoms with E-state index in [2.05, 4.69) is 15.5 Å². The molecule has 0 bridgehead atoms. The fraction of sp³-hybridized carbons (Fsp3) is 0.438. The lowest BCUT2D eigenvalue weighted by molar-refractivity contribution is 0.114. The van der Waals surface area contributed by atoms with Gasteiger partial charge in [0.1, 0.15) is 12.4 Å². The molecule has 2 heterocycles. The lowest BCUT2D eigenvalue weighted by Crippen LogP contribution is -2.49. The van der Waals surface area contributed by atoms with Crippen molar-refractivity contribution in [1.82, 2.24) is 20.4 Å². The summed E-state index contributed by atoms with van der Waals surface area (Å²) in [5.74, 6) is 1.60. The summed E-state index contributed by atoms with van der Waals surface area (Å²) in [5, 5.41) is 6.56. The van der Waals surface area contributed by atoms with E-state index < -0.39 is 0 Å². The van der Waals surface area contributed by atoms with Crippen LogP contribution in [0.1, 0.15) is 29.7 Å². The van der Waals surface area contributed by atoms with E-state index in [1.54, 1.807) is 19.1 Å². The molecule has 1 atom stereocenters. The van der Waals surface area contributed by atoms with Gasteiger partial charge in [-0.15, -0.1) is 0 Å². The van der Waals surface area contributed by atoms with E-state index in [1.807, 2.05) is 24.3 Å². The second-order valence-corrected chi connectivity index (χ2v) is 5.47. The molecule has 0 saturated carbocycles. The topological polar surface area (TPSA) is 89.7 Å². The summed E-state index contributed by atoms with van der Waals surface area (Å²) in [4.78, 5) is 18.2. The number of benzene rings is 1. The normalized spacial score (nSPS) is 16.6. The highest BCUT2D eigenvalue weighted by atomic mass is 16.5. The van der Waals surface area contributed by atoms with Gasteiger partial charge in [0.2, 0.25) is 5.89 Å². The van der Waals surface area contributed by atoms with Gasteiger partial charge in [-0.1, -0.05) is 17.3 Å². The zero-order chi connectivity index (χ0) is 16.9. The van der Waals surface area contributed by atoms with Crippen molar-refractivity contribution >= 4 is 6.03 Å². The van der Waals surface area contributed by atoms with Gasteiger partial charge in [0, 0.05) is 13.7 Å². The first kappa shape index (κ1) is 16.3. The number of aromatic nitrogens is 2. The van der Waals surface area contributed by atoms with Gasteiger partial charge in [0.25, 0.3) is 0 Å². The van der Waals surface area contributed by atoms with Crippen LogP contribution in [-0.2, 0) is 17.9 Å². The molecular weight excluding hydrogens is 312 g/mol. The fourth-order valence-electron chi connectivity index (χ4n) is 2.63. The molecule has 3 rings (SSSR count). The Bertz CT molecular complexity index is 703. The summed E-state index contributed by atoms with van der Waals surface area (Å²) in [6.07, 6.45) is 0.930. The number of methoxy groups -OCH3 is 2. The number of ether oxygens (including phenoxy) is 2. The lowest BCUT2D eigenvalue weighted by atomic mass is 9.95. The lowest BCUT2D eigenvalue weighted by Gasteiger charge is -2.41. The molecule has 8 nitrogen and oxygen atoms in total. The summed E-state index contributed by atoms with van der Waals surface area (Å²) >= 11 is 0. The minimum atomic E-state index is -0.152. The van der Waals surface area contributed by atoms with Gasteiger partial charge in [-0.25, -0.2) is 4.79 Å². The Morgan fingerprint density at radius 2 is 2.33 bits per heavy atom. The zero-order valence-corrected chi connectivity index (χ0v) is 13.7. The van der Waals surface area contributed by atoms with E-state index in [0.717, 1.165) is 17.7 Å². The Kier molecular flexibility index (Phi) is 4.95. The van der Waals surface area contributed by atoms with E-state index in [0.29, 0.717) is 18.3 Å². The summed E-state index contributed by atoms with van der Waals surface area (Å²) in [7, 11) is 3.19. The van der Waals surface area contributed by atoms with Gasteiger partial charge >= 0.3 is 6.03 Å². The van der Waals surface area contributed by atoms with Gasteiger partial charge in [0.15, 0.2) is 5.82 Å². The highest BCUT2D eigenvalue weighted by molar-refractivity contribution is 5.75. The van der Waals surface area contributed by atoms with E-state index >= 15 is 0 Å². The van der Waals surface area contributed by atoms with Crippen molar-refractivity contribution in [3.05, 3.63) is 41.5 Å². The predicted molar refractivity (Wildman–Crippen MR) is 84.3 cm³/mol. The Morgan fingerprint density at radius 3 is 3.04 bits per heavy atom. The molecule has 0 radical (unpaired) electrons. The third-order valence-electron chi connectivity index (χ3n) is 3.93. The van der Waals surface area contributed by atoms with Crippen LogP contribution in [0.15, 0.2) is 28.8 Å². The number of urea groups is 1. The van der Waals surface area contributed by atoms with Gasteiger partial charge in [-0.05, 0) is 24.1 Å². The summed E-state index contributed by atoms with van der Waals surface area (Å²) in [6.45, 7) is 1.19. The first-order valence-electron chi connectivity index (χ1n) is 7.70. The molecule has 1 N–H and O–H groups in total. The van der Waals surface area contributed by atoms with Crippen LogP contribution in [0.2, 0.25) is 0 Å². The third kappa shape index (κ3) is 3.48. The molecule has 0 aliphatic carbocycles. The monoisotopic (exact) mass is 332 g/mol. The molecular formula is C16H20N4O4. The smallest absolute Gasteiger partial charge is 0.318 e. The van der Waals surface area contributed by atoms with Gasteiger partial charge in [-0.2, -0.15) is 4.98 Å². The molecule has 1 aliphatic heterocycles. The second-order valence-electron chi connectivity index (χ2n) is 5.47. The van der Waals surface area contributed by atoms with Crippen LogP contribution >= 0.6 is 0 Å². The van der Waals surface area contributed by atoms with Crippen molar-refractivity contribution in [2.75, 3.05) is 20.8 Å². The van der Waals surface area contributed by atoms with Crippen molar-refractivity contribution < 1.29 is 18.8 Å². The largest absolute Gasteiger partial charge is 0.497 e. The molecule has 2 aromatic rings. The molecule has 1 fully saturated rings. The van der Waals surface area contributed by atoms with Crippen molar-refractivity contribution in [1.29, 1.82) is 0 Å². The van der Waals surface area contributed by atoms with Crippen molar-refractivity contribution in [2.24, 2.45) is 0 Å². The van der Waals surface area contributed by atoms with Crippen LogP contribution in [0.3, 0.4) is 0 Å². The number of carbonyl (C=O) groups excluding carboxylic acids is 1. The van der Waals surface area contributed by atoms with Crippen LogP contribution < -0.4 is 10.1 Å². The number of amides is 2. The number of likely N-dealkylation sites (tertiary alicyclic amines) is 1. The molecule has 1 aromatic heterocycles. The molecule has 128 valence electrons. The van der Waals surface area contributed by atoms with Crippen LogP contribution in [0.25, 0.3) is 0 Å². The maximum absolute atomic E-state index is 12.3. The first-order valence-corrected chi connectivity index (χ1v) is 7.70. The quantitative estimate of drug-likeness (QED) is 0.869. The Labute approximate surface area is 139 Å². The maximum atomic E-state index is 12.3. The minimum Gasteiger partial charge on any atom is -0.497 e. The van der Waals surface area contributed by atoms with Crippen LogP contribution in [0.5, 0.6) is 5.75 Å². The number of nitrogens with zero attached hydrogens (tertiary/aromatic N) is 3. The SMILES string of the molecule is COCc1noc(CNC(=O)N2CC[C@@H]2c2cccc(OC)c2)n1. The maximum Gasteiger partial charge on any atom is 0.318 e. The van der Waals surface area contributed by atoms with Crippen molar-refractivity contribution in [3.63, 3.8) is 0 Å². The van der Waals surface area contributed by atoms with Crippen molar-refractivity contribution in [2.45, 2.75) is 25.6 Å². The average Bonchev–Trinajstić information content (AvgIpc) is 3.00. The molecule has 2 amide bonds. The molecule has 8 heteroatoms. The fourth-order valence-corrected chi connectivity index (χ4v) is 2.63. The van der Waals surface area contributed by atoms with E-state index in [4.69, 9.17) is 14.0 Å². The number of nitrogens with one attached hydrogen (secondary N) is 1. The summed E-state index contributed by atoms with van der Waals surface area (Å²) in [6, 6.07) is 7.69. The summed E-state index contributed by atoms with van der Waals surface area (Å²) in [5.41, 5.74) is 1.07. The van der Waals surface area contributed by atoms with Crippen LogP contribution in [0.4, 0.5) is 4.79 Å². The molecule has 0 spiro atoms. The Morgan fingerprint density at radius 1 is 1.46 bits per heavy atom. The van der Waals surface area contributed by atoms with E-state index in [1.165, 1.54) is 0 Å². The van der Waals surface area contributed by atoms with Gasteiger partial charge in [0.05, 0.1) is 19.7 Å². The average molecular weight is 332 g/mol. The first-order chi connectivity index (χ1) is 11.7. The molecule has 1 aliphatic rings. The van der Waals surface area contributed by atoms with Gasteiger partial charge in [-0.3, -0.25) is 0 Å². The number of carbonyl (C=O) groups is 1. The molecule has 24 heavy (non-hydrogen) atoms. The standard InChI is InChI=1S/C16H20N4O4/c1-22-10-14-18-15(24-19-14)9-17-16(21)20-7-6-13(20)11-4-3-5-12(8-11)23-2/h3-5,8,13H,6-7,9-10H2,1-2H3,(H,17,21)/t13-/m1/s1. The highest BCUT2D eigenvalue weighted by Gasteiger charge is 2.33. The molecule has 0 unspecified atom stereocenters. The minimum absolute atomic E-state index is 0.0619. The van der Waals surface area contributed by atoms with Crippen LogP contribution in [-0.4, -0.2) is 41.8 Å². The molecule has 1 saturated heterocycles. The number of hydrogen-bond acceptors (Lipinski definition) is 6. The molecule has 1 aromatic carbocycles.